The van der Waals surface area contributed by atoms with Crippen molar-refractivity contribution in [3.8, 4) is 0 Å². The number of anilines is 1. The Morgan fingerprint density at radius 2 is 2.31 bits per heavy atom. The topological polar surface area (TPSA) is 46.9 Å². The van der Waals surface area contributed by atoms with E-state index < -0.39 is 0 Å². The van der Waals surface area contributed by atoms with Crippen LogP contribution in [0.15, 0.2) is 12.3 Å². The monoisotopic (exact) mass is 241 g/mol. The maximum absolute atomic E-state index is 11.4. The Balaban J connectivity index is 2.03. The van der Waals surface area contributed by atoms with E-state index in [1.54, 1.807) is 6.20 Å². The van der Waals surface area contributed by atoms with E-state index >= 15 is 0 Å². The predicted molar refractivity (Wildman–Crippen MR) is 63.7 cm³/mol. The van der Waals surface area contributed by atoms with E-state index in [0.717, 1.165) is 18.7 Å². The molecule has 0 atom stereocenters. The lowest BCUT2D eigenvalue weighted by molar-refractivity contribution is -0.115. The van der Waals surface area contributed by atoms with Crippen molar-refractivity contribution in [1.29, 1.82) is 0 Å². The summed E-state index contributed by atoms with van der Waals surface area (Å²) in [6.07, 6.45) is 6.88. The summed E-state index contributed by atoms with van der Waals surface area (Å²) < 4.78 is 1.93. The Morgan fingerprint density at radius 1 is 1.56 bits per heavy atom. The second-order valence-electron chi connectivity index (χ2n) is 4.09. The second-order valence-corrected chi connectivity index (χ2v) is 4.46. The molecule has 0 aliphatic heterocycles. The molecule has 4 nitrogen and oxygen atoms in total. The van der Waals surface area contributed by atoms with Crippen LogP contribution in [0.1, 0.15) is 38.1 Å². The van der Waals surface area contributed by atoms with Gasteiger partial charge in [0.25, 0.3) is 0 Å². The van der Waals surface area contributed by atoms with Crippen LogP contribution in [0.3, 0.4) is 0 Å². The zero-order valence-corrected chi connectivity index (χ0v) is 9.91. The van der Waals surface area contributed by atoms with Crippen molar-refractivity contribution >= 4 is 23.3 Å². The molecule has 5 heteroatoms. The normalized spacial score (nSPS) is 16.6. The summed E-state index contributed by atoms with van der Waals surface area (Å²) in [5, 5.41) is 7.13. The number of aromatic nitrogens is 2. The molecule has 0 saturated heterocycles. The molecule has 16 heavy (non-hydrogen) atoms. The van der Waals surface area contributed by atoms with Crippen molar-refractivity contribution in [2.24, 2.45) is 0 Å². The van der Waals surface area contributed by atoms with Gasteiger partial charge in [-0.3, -0.25) is 4.79 Å². The van der Waals surface area contributed by atoms with Crippen LogP contribution in [0.2, 0.25) is 0 Å². The third-order valence-electron chi connectivity index (χ3n) is 2.93. The lowest BCUT2D eigenvalue weighted by Crippen LogP contribution is -2.17. The van der Waals surface area contributed by atoms with Crippen LogP contribution in [-0.2, 0) is 4.79 Å². The van der Waals surface area contributed by atoms with Crippen molar-refractivity contribution in [3.63, 3.8) is 0 Å². The Bertz CT molecular complexity index is 358. The summed E-state index contributed by atoms with van der Waals surface area (Å²) in [5.74, 6) is 1.10. The van der Waals surface area contributed by atoms with Crippen molar-refractivity contribution in [2.75, 3.05) is 11.2 Å². The van der Waals surface area contributed by atoms with Crippen LogP contribution in [0.5, 0.6) is 0 Å². The molecule has 1 amide bonds. The van der Waals surface area contributed by atoms with Crippen LogP contribution < -0.4 is 5.32 Å². The Kier molecular flexibility index (Phi) is 3.83. The van der Waals surface area contributed by atoms with Gasteiger partial charge in [-0.1, -0.05) is 12.8 Å². The molecule has 1 aliphatic rings. The molecule has 1 saturated carbocycles. The molecule has 1 aliphatic carbocycles. The number of carbonyl (C=O) groups is 1. The lowest BCUT2D eigenvalue weighted by atomic mass is 10.2. The molecular weight excluding hydrogens is 226 g/mol. The molecule has 1 aromatic rings. The number of hydrogen-bond donors (Lipinski definition) is 1. The van der Waals surface area contributed by atoms with Gasteiger partial charge in [-0.05, 0) is 12.8 Å². The maximum Gasteiger partial charge on any atom is 0.226 e. The maximum atomic E-state index is 11.4. The fourth-order valence-corrected chi connectivity index (χ4v) is 2.32. The first-order valence-electron chi connectivity index (χ1n) is 5.70. The van der Waals surface area contributed by atoms with Crippen molar-refractivity contribution in [1.82, 2.24) is 9.78 Å². The smallest absolute Gasteiger partial charge is 0.226 e. The number of alkyl halides is 1. The van der Waals surface area contributed by atoms with Gasteiger partial charge >= 0.3 is 0 Å². The van der Waals surface area contributed by atoms with Crippen LogP contribution in [0, 0.1) is 0 Å². The number of nitrogens with zero attached hydrogens (tertiary/aromatic N) is 2. The first-order valence-corrected chi connectivity index (χ1v) is 6.24. The summed E-state index contributed by atoms with van der Waals surface area (Å²) in [6.45, 7) is 0. The highest BCUT2D eigenvalue weighted by molar-refractivity contribution is 6.19. The van der Waals surface area contributed by atoms with Crippen molar-refractivity contribution < 1.29 is 4.79 Å². The second kappa shape index (κ2) is 5.34. The first-order chi connectivity index (χ1) is 7.81. The molecule has 2 rings (SSSR count). The third-order valence-corrected chi connectivity index (χ3v) is 3.12. The lowest BCUT2D eigenvalue weighted by Gasteiger charge is -2.14. The minimum Gasteiger partial charge on any atom is -0.311 e. The van der Waals surface area contributed by atoms with E-state index in [4.69, 9.17) is 11.6 Å². The first kappa shape index (κ1) is 11.5. The van der Waals surface area contributed by atoms with E-state index in [1.165, 1.54) is 12.8 Å². The summed E-state index contributed by atoms with van der Waals surface area (Å²) in [5.41, 5.74) is 0. The molecule has 1 N–H and O–H groups in total. The highest BCUT2D eigenvalue weighted by atomic mass is 35.5. The van der Waals surface area contributed by atoms with E-state index in [-0.39, 0.29) is 5.91 Å². The molecule has 88 valence electrons. The largest absolute Gasteiger partial charge is 0.311 e. The van der Waals surface area contributed by atoms with Gasteiger partial charge in [0.05, 0.1) is 12.2 Å². The zero-order valence-electron chi connectivity index (χ0n) is 9.16. The zero-order chi connectivity index (χ0) is 11.4. The summed E-state index contributed by atoms with van der Waals surface area (Å²) in [4.78, 5) is 11.4. The standard InChI is InChI=1S/C11H16ClN3O/c12-7-5-11(16)14-10-6-8-13-15(10)9-3-1-2-4-9/h6,8-9H,1-5,7H2,(H,14,16). The Morgan fingerprint density at radius 3 is 3.00 bits per heavy atom. The highest BCUT2D eigenvalue weighted by Gasteiger charge is 2.20. The predicted octanol–water partition coefficient (Wildman–Crippen LogP) is 2.57. The number of carbonyl (C=O) groups excluding carboxylic acids is 1. The van der Waals surface area contributed by atoms with Gasteiger partial charge in [0.15, 0.2) is 0 Å². The summed E-state index contributed by atoms with van der Waals surface area (Å²) in [6, 6.07) is 2.28. The van der Waals surface area contributed by atoms with Crippen molar-refractivity contribution in [2.45, 2.75) is 38.1 Å². The fraction of sp³-hybridized carbons (Fsp3) is 0.636. The number of halogens is 1. The van der Waals surface area contributed by atoms with Crippen LogP contribution >= 0.6 is 11.6 Å². The van der Waals surface area contributed by atoms with Gasteiger partial charge in [0, 0.05) is 18.4 Å². The molecule has 0 radical (unpaired) electrons. The minimum atomic E-state index is -0.0465. The Hall–Kier alpha value is -1.03. The van der Waals surface area contributed by atoms with E-state index in [1.807, 2.05) is 10.7 Å². The summed E-state index contributed by atoms with van der Waals surface area (Å²) in [7, 11) is 0. The van der Waals surface area contributed by atoms with Gasteiger partial charge in [-0.15, -0.1) is 11.6 Å². The third kappa shape index (κ3) is 2.55. The van der Waals surface area contributed by atoms with Gasteiger partial charge in [-0.25, -0.2) is 4.68 Å². The molecule has 0 spiro atoms. The number of hydrogen-bond acceptors (Lipinski definition) is 2. The van der Waals surface area contributed by atoms with Gasteiger partial charge in [0.2, 0.25) is 5.91 Å². The molecule has 0 aromatic carbocycles. The van der Waals surface area contributed by atoms with E-state index in [2.05, 4.69) is 10.4 Å². The van der Waals surface area contributed by atoms with Crippen LogP contribution in [0.25, 0.3) is 0 Å². The molecule has 0 bridgehead atoms. The number of nitrogens with one attached hydrogen (secondary N) is 1. The number of amides is 1. The van der Waals surface area contributed by atoms with Gasteiger partial charge < -0.3 is 5.32 Å². The summed E-state index contributed by atoms with van der Waals surface area (Å²) >= 11 is 5.52. The number of rotatable bonds is 4. The average Bonchev–Trinajstić information content (AvgIpc) is 2.86. The Labute approximate surface area is 100.0 Å². The molecule has 1 heterocycles. The molecular formula is C11H16ClN3O. The molecule has 0 unspecified atom stereocenters. The van der Waals surface area contributed by atoms with Gasteiger partial charge in [0.1, 0.15) is 5.82 Å². The van der Waals surface area contributed by atoms with Crippen LogP contribution in [-0.4, -0.2) is 21.6 Å². The average molecular weight is 242 g/mol. The molecule has 1 aromatic heterocycles. The fourth-order valence-electron chi connectivity index (χ4n) is 2.14. The highest BCUT2D eigenvalue weighted by Crippen LogP contribution is 2.31. The van der Waals surface area contributed by atoms with Crippen molar-refractivity contribution in [3.05, 3.63) is 12.3 Å². The minimum absolute atomic E-state index is 0.0465. The quantitative estimate of drug-likeness (QED) is 0.824. The van der Waals surface area contributed by atoms with Gasteiger partial charge in [-0.2, -0.15) is 5.10 Å². The van der Waals surface area contributed by atoms with E-state index in [0.29, 0.717) is 18.3 Å². The van der Waals surface area contributed by atoms with E-state index in [9.17, 15) is 4.79 Å². The SMILES string of the molecule is O=C(CCCl)Nc1ccnn1C1CCCC1. The van der Waals surface area contributed by atoms with Crippen LogP contribution in [0.4, 0.5) is 5.82 Å². The molecule has 1 fully saturated rings.